The number of rotatable bonds is 5. The van der Waals surface area contributed by atoms with Gasteiger partial charge in [0.05, 0.1) is 12.8 Å². The topological polar surface area (TPSA) is 128 Å². The van der Waals surface area contributed by atoms with E-state index < -0.39 is 9.73 Å². The van der Waals surface area contributed by atoms with Crippen molar-refractivity contribution in [1.29, 1.82) is 5.26 Å². The van der Waals surface area contributed by atoms with E-state index in [0.717, 1.165) is 31.8 Å². The first-order chi connectivity index (χ1) is 17.3. The minimum atomic E-state index is -2.35. The van der Waals surface area contributed by atoms with E-state index in [9.17, 15) is 9.47 Å². The van der Waals surface area contributed by atoms with E-state index in [0.29, 0.717) is 35.9 Å². The molecule has 5 rings (SSSR count). The number of pyridine rings is 1. The van der Waals surface area contributed by atoms with Crippen LogP contribution in [0.25, 0.3) is 0 Å². The van der Waals surface area contributed by atoms with Crippen LogP contribution in [-0.2, 0) is 27.6 Å². The lowest BCUT2D eigenvalue weighted by molar-refractivity contribution is 0.119. The number of anilines is 4. The summed E-state index contributed by atoms with van der Waals surface area (Å²) in [6.45, 7) is 3.28. The number of hydrogen-bond donors (Lipinski definition) is 2. The van der Waals surface area contributed by atoms with Gasteiger partial charge in [-0.3, -0.25) is 0 Å². The highest BCUT2D eigenvalue weighted by molar-refractivity contribution is 7.92. The molecule has 0 bridgehead atoms. The minimum absolute atomic E-state index is 0.273. The zero-order chi connectivity index (χ0) is 25.3. The highest BCUT2D eigenvalue weighted by Crippen LogP contribution is 2.37. The number of aromatic nitrogens is 3. The predicted octanol–water partition coefficient (Wildman–Crippen LogP) is 4.04. The number of benzene rings is 1. The molecule has 0 saturated heterocycles. The van der Waals surface area contributed by atoms with Gasteiger partial charge < -0.3 is 20.3 Å². The highest BCUT2D eigenvalue weighted by Gasteiger charge is 2.28. The number of nitriles is 1. The van der Waals surface area contributed by atoms with Crippen LogP contribution in [0, 0.1) is 11.3 Å². The number of likely N-dealkylation sites (N-methyl/N-ethyl adjacent to an activating group) is 1. The molecule has 0 fully saturated rings. The van der Waals surface area contributed by atoms with Crippen molar-refractivity contribution < 1.29 is 8.95 Å². The van der Waals surface area contributed by atoms with Gasteiger partial charge in [-0.25, -0.2) is 14.2 Å². The van der Waals surface area contributed by atoms with Crippen molar-refractivity contribution in [3.63, 3.8) is 0 Å². The maximum absolute atomic E-state index is 12.0. The first kappa shape index (κ1) is 24.1. The maximum Gasteiger partial charge on any atom is 0.229 e. The van der Waals surface area contributed by atoms with Gasteiger partial charge in [0.2, 0.25) is 5.95 Å². The summed E-state index contributed by atoms with van der Waals surface area (Å²) in [7, 11) is -0.209. The molecule has 0 aliphatic carbocycles. The fourth-order valence-electron chi connectivity index (χ4n) is 4.73. The molecule has 0 amide bonds. The summed E-state index contributed by atoms with van der Waals surface area (Å²) in [6.07, 6.45) is 5.59. The second-order valence-corrected chi connectivity index (χ2v) is 12.0. The monoisotopic (exact) mass is 504 g/mol. The summed E-state index contributed by atoms with van der Waals surface area (Å²) in [5.74, 6) is 1.92. The standard InChI is InChI=1S/C25H28N8O2S/c1-33-13-16-7-8-35-15-18-10-20(9-17(14-33)23(16)18)28-25-27-12-19(11-26)24(31-25)30-21-5-4-6-22(29-21)32-36(2,3)34/h4-6,9-10,12,16H,7-8,13-15H2,1-3H3,(H2,27,28,29,30,31). The van der Waals surface area contributed by atoms with E-state index in [1.54, 1.807) is 30.7 Å². The molecule has 186 valence electrons. The van der Waals surface area contributed by atoms with Crippen LogP contribution in [0.4, 0.5) is 29.1 Å². The molecule has 0 saturated carbocycles. The fourth-order valence-corrected chi connectivity index (χ4v) is 5.28. The Bertz CT molecular complexity index is 1470. The molecule has 1 unspecified atom stereocenters. The summed E-state index contributed by atoms with van der Waals surface area (Å²) in [6, 6.07) is 11.5. The van der Waals surface area contributed by atoms with Crippen LogP contribution < -0.4 is 10.6 Å². The van der Waals surface area contributed by atoms with Crippen LogP contribution in [-0.4, -0.2) is 56.8 Å². The number of nitrogens with zero attached hydrogens (tertiary/aromatic N) is 6. The number of nitrogens with one attached hydrogen (secondary N) is 2. The van der Waals surface area contributed by atoms with E-state index in [4.69, 9.17) is 4.74 Å². The SMILES string of the molecule is CN1Cc2cc(Nc3ncc(C#N)c(Nc4cccc(N=S(C)(C)=O)n4)n3)cc3c2C(CCOC3)C1. The summed E-state index contributed by atoms with van der Waals surface area (Å²) < 4.78 is 22.0. The van der Waals surface area contributed by atoms with Gasteiger partial charge in [-0.15, -0.1) is 0 Å². The van der Waals surface area contributed by atoms with Gasteiger partial charge in [0, 0.05) is 47.6 Å². The Morgan fingerprint density at radius 1 is 1.22 bits per heavy atom. The molecular formula is C25H28N8O2S. The van der Waals surface area contributed by atoms with E-state index in [1.807, 2.05) is 0 Å². The predicted molar refractivity (Wildman–Crippen MR) is 139 cm³/mol. The van der Waals surface area contributed by atoms with Crippen molar-refractivity contribution in [1.82, 2.24) is 19.9 Å². The van der Waals surface area contributed by atoms with Crippen molar-refractivity contribution in [2.24, 2.45) is 4.36 Å². The van der Waals surface area contributed by atoms with Gasteiger partial charge in [0.15, 0.2) is 11.6 Å². The Morgan fingerprint density at radius 3 is 2.86 bits per heavy atom. The van der Waals surface area contributed by atoms with Gasteiger partial charge in [0.25, 0.3) is 0 Å². The second-order valence-electron chi connectivity index (χ2n) is 9.41. The molecule has 1 atom stereocenters. The molecule has 2 N–H and O–H groups in total. The van der Waals surface area contributed by atoms with Crippen LogP contribution in [0.3, 0.4) is 0 Å². The molecule has 2 aromatic heterocycles. The van der Waals surface area contributed by atoms with Gasteiger partial charge in [0.1, 0.15) is 17.5 Å². The summed E-state index contributed by atoms with van der Waals surface area (Å²) in [5.41, 5.74) is 5.05. The maximum atomic E-state index is 12.0. The van der Waals surface area contributed by atoms with Crippen LogP contribution in [0.1, 0.15) is 34.6 Å². The zero-order valence-electron chi connectivity index (χ0n) is 20.5. The smallest absolute Gasteiger partial charge is 0.229 e. The zero-order valence-corrected chi connectivity index (χ0v) is 21.3. The molecule has 2 aliphatic rings. The first-order valence-electron chi connectivity index (χ1n) is 11.6. The lowest BCUT2D eigenvalue weighted by Gasteiger charge is -2.33. The van der Waals surface area contributed by atoms with Gasteiger partial charge in [-0.05, 0) is 60.3 Å². The number of ether oxygens (including phenoxy) is 1. The molecule has 2 aliphatic heterocycles. The average Bonchev–Trinajstić information content (AvgIpc) is 3.01. The Kier molecular flexibility index (Phi) is 6.57. The Hall–Kier alpha value is -3.59. The van der Waals surface area contributed by atoms with Crippen LogP contribution in [0.2, 0.25) is 0 Å². The summed E-state index contributed by atoms with van der Waals surface area (Å²) in [5, 5.41) is 16.0. The van der Waals surface area contributed by atoms with Crippen molar-refractivity contribution in [3.05, 3.63) is 58.8 Å². The van der Waals surface area contributed by atoms with Crippen molar-refractivity contribution >= 4 is 38.8 Å². The Labute approximate surface area is 210 Å². The molecule has 0 spiro atoms. The third kappa shape index (κ3) is 5.46. The molecule has 11 heteroatoms. The first-order valence-corrected chi connectivity index (χ1v) is 14.0. The normalized spacial score (nSPS) is 17.4. The van der Waals surface area contributed by atoms with Gasteiger partial charge in [-0.2, -0.15) is 14.6 Å². The quantitative estimate of drug-likeness (QED) is 0.529. The minimum Gasteiger partial charge on any atom is -0.377 e. The molecule has 36 heavy (non-hydrogen) atoms. The van der Waals surface area contributed by atoms with E-state index in [2.05, 4.69) is 60.1 Å². The molecular weight excluding hydrogens is 476 g/mol. The average molecular weight is 505 g/mol. The second kappa shape index (κ2) is 9.81. The molecule has 1 aromatic carbocycles. The third-order valence-electron chi connectivity index (χ3n) is 6.06. The highest BCUT2D eigenvalue weighted by atomic mass is 32.2. The van der Waals surface area contributed by atoms with Crippen LogP contribution in [0.15, 0.2) is 40.9 Å². The van der Waals surface area contributed by atoms with Crippen LogP contribution >= 0.6 is 0 Å². The van der Waals surface area contributed by atoms with E-state index in [-0.39, 0.29) is 5.56 Å². The summed E-state index contributed by atoms with van der Waals surface area (Å²) >= 11 is 0. The molecule has 0 radical (unpaired) electrons. The molecule has 10 nitrogen and oxygen atoms in total. The number of hydrogen-bond acceptors (Lipinski definition) is 10. The lowest BCUT2D eigenvalue weighted by Crippen LogP contribution is -2.31. The van der Waals surface area contributed by atoms with Crippen molar-refractivity contribution in [3.8, 4) is 6.07 Å². The molecule has 4 heterocycles. The lowest BCUT2D eigenvalue weighted by atomic mass is 9.84. The van der Waals surface area contributed by atoms with E-state index >= 15 is 0 Å². The van der Waals surface area contributed by atoms with E-state index in [1.165, 1.54) is 22.9 Å². The Morgan fingerprint density at radius 2 is 2.06 bits per heavy atom. The largest absolute Gasteiger partial charge is 0.377 e. The Balaban J connectivity index is 1.44. The summed E-state index contributed by atoms with van der Waals surface area (Å²) in [4.78, 5) is 15.6. The van der Waals surface area contributed by atoms with Crippen molar-refractivity contribution in [2.45, 2.75) is 25.5 Å². The fraction of sp³-hybridized carbons (Fsp3) is 0.360. The van der Waals surface area contributed by atoms with Gasteiger partial charge >= 0.3 is 0 Å². The van der Waals surface area contributed by atoms with Crippen LogP contribution in [0.5, 0.6) is 0 Å². The molecule has 3 aromatic rings. The van der Waals surface area contributed by atoms with Crippen molar-refractivity contribution in [2.75, 3.05) is 43.3 Å². The third-order valence-corrected chi connectivity index (χ3v) is 6.69. The van der Waals surface area contributed by atoms with Gasteiger partial charge in [-0.1, -0.05) is 6.07 Å².